The van der Waals surface area contributed by atoms with Crippen LogP contribution < -0.4 is 5.32 Å². The second-order valence-electron chi connectivity index (χ2n) is 8.91. The molecule has 0 radical (unpaired) electrons. The van der Waals surface area contributed by atoms with E-state index in [-0.39, 0.29) is 15.9 Å². The lowest BCUT2D eigenvalue weighted by molar-refractivity contribution is -0.119. The van der Waals surface area contributed by atoms with Gasteiger partial charge in [-0.15, -0.1) is 11.3 Å². The summed E-state index contributed by atoms with van der Waals surface area (Å²) < 4.78 is 28.7. The third-order valence-corrected chi connectivity index (χ3v) is 9.00. The average molecular weight is 532 g/mol. The molecule has 2 aromatic heterocycles. The van der Waals surface area contributed by atoms with Crippen molar-refractivity contribution < 1.29 is 18.3 Å². The summed E-state index contributed by atoms with van der Waals surface area (Å²) in [6, 6.07) is 16.3. The zero-order valence-corrected chi connectivity index (χ0v) is 22.0. The van der Waals surface area contributed by atoms with E-state index in [1.165, 1.54) is 13.0 Å². The van der Waals surface area contributed by atoms with E-state index in [0.29, 0.717) is 34.1 Å². The van der Waals surface area contributed by atoms with Gasteiger partial charge in [0.1, 0.15) is 9.96 Å². The summed E-state index contributed by atoms with van der Waals surface area (Å²) in [5, 5.41) is 19.0. The van der Waals surface area contributed by atoms with E-state index in [0.717, 1.165) is 28.0 Å². The lowest BCUT2D eigenvalue weighted by Crippen LogP contribution is -2.19. The molecular weight excluding hydrogens is 506 g/mol. The van der Waals surface area contributed by atoms with Crippen LogP contribution in [0.3, 0.4) is 0 Å². The molecule has 0 bridgehead atoms. The molecule has 35 heavy (non-hydrogen) atoms. The van der Waals surface area contributed by atoms with Crippen molar-refractivity contribution in [1.82, 2.24) is 15.1 Å². The fraction of sp³-hybridized carbons (Fsp3) is 0.280. The van der Waals surface area contributed by atoms with E-state index in [2.05, 4.69) is 5.32 Å². The number of carbonyl (C=O) groups excluding carboxylic acids is 1. The molecule has 0 aliphatic rings. The van der Waals surface area contributed by atoms with Gasteiger partial charge < -0.3 is 10.4 Å². The van der Waals surface area contributed by atoms with Gasteiger partial charge in [0, 0.05) is 18.9 Å². The SMILES string of the molecule is CC(=O)NCc1cccc(Cn2nc(CS(=O)(=O)c3ccc(Cl)s3)c3c(C(C)(C)O)cccc32)c1. The summed E-state index contributed by atoms with van der Waals surface area (Å²) in [6.45, 7) is 5.62. The molecule has 2 aromatic carbocycles. The first-order chi connectivity index (χ1) is 16.4. The van der Waals surface area contributed by atoms with Crippen molar-refractivity contribution in [2.24, 2.45) is 0 Å². The van der Waals surface area contributed by atoms with Gasteiger partial charge in [-0.2, -0.15) is 5.10 Å². The molecule has 0 fully saturated rings. The first-order valence-corrected chi connectivity index (χ1v) is 13.8. The number of aliphatic hydroxyl groups is 1. The van der Waals surface area contributed by atoms with E-state index in [1.807, 2.05) is 36.4 Å². The van der Waals surface area contributed by atoms with E-state index < -0.39 is 15.4 Å². The first kappa shape index (κ1) is 25.4. The molecule has 4 aromatic rings. The van der Waals surface area contributed by atoms with E-state index in [9.17, 15) is 18.3 Å². The number of benzene rings is 2. The summed E-state index contributed by atoms with van der Waals surface area (Å²) in [7, 11) is -3.69. The number of rotatable bonds is 8. The molecule has 4 rings (SSSR count). The number of amides is 1. The highest BCUT2D eigenvalue weighted by molar-refractivity contribution is 7.92. The Morgan fingerprint density at radius 3 is 2.51 bits per heavy atom. The highest BCUT2D eigenvalue weighted by Crippen LogP contribution is 2.34. The average Bonchev–Trinajstić information content (AvgIpc) is 3.36. The van der Waals surface area contributed by atoms with Crippen LogP contribution in [-0.2, 0) is 39.1 Å². The van der Waals surface area contributed by atoms with Gasteiger partial charge >= 0.3 is 0 Å². The van der Waals surface area contributed by atoms with Crippen molar-refractivity contribution in [3.8, 4) is 0 Å². The predicted molar refractivity (Wildman–Crippen MR) is 138 cm³/mol. The molecule has 10 heteroatoms. The Morgan fingerprint density at radius 1 is 1.14 bits per heavy atom. The van der Waals surface area contributed by atoms with Crippen LogP contribution in [0.2, 0.25) is 4.34 Å². The lowest BCUT2D eigenvalue weighted by Gasteiger charge is -2.19. The van der Waals surface area contributed by atoms with Gasteiger partial charge in [-0.05, 0) is 48.7 Å². The second-order valence-corrected chi connectivity index (χ2v) is 12.8. The Bertz CT molecular complexity index is 1500. The van der Waals surface area contributed by atoms with E-state index in [4.69, 9.17) is 16.7 Å². The van der Waals surface area contributed by atoms with Gasteiger partial charge in [0.2, 0.25) is 5.91 Å². The Balaban J connectivity index is 1.78. The summed E-state index contributed by atoms with van der Waals surface area (Å²) in [5.74, 6) is -0.422. The smallest absolute Gasteiger partial charge is 0.217 e. The highest BCUT2D eigenvalue weighted by atomic mass is 35.5. The number of fused-ring (bicyclic) bond motifs is 1. The maximum absolute atomic E-state index is 13.2. The van der Waals surface area contributed by atoms with Crippen molar-refractivity contribution in [2.45, 2.75) is 49.4 Å². The molecule has 0 atom stereocenters. The van der Waals surface area contributed by atoms with Crippen LogP contribution in [0, 0.1) is 0 Å². The van der Waals surface area contributed by atoms with E-state index in [1.54, 1.807) is 30.7 Å². The van der Waals surface area contributed by atoms with Crippen LogP contribution in [0.4, 0.5) is 0 Å². The van der Waals surface area contributed by atoms with Crippen molar-refractivity contribution in [2.75, 3.05) is 0 Å². The predicted octanol–water partition coefficient (Wildman–Crippen LogP) is 4.64. The molecule has 7 nitrogen and oxygen atoms in total. The molecule has 0 aliphatic heterocycles. The molecule has 0 saturated carbocycles. The molecule has 1 amide bonds. The largest absolute Gasteiger partial charge is 0.386 e. The number of carbonyl (C=O) groups is 1. The van der Waals surface area contributed by atoms with Crippen molar-refractivity contribution in [3.05, 3.63) is 81.3 Å². The first-order valence-electron chi connectivity index (χ1n) is 11.0. The standard InChI is InChI=1S/C25H26ClN3O4S2/c1-16(30)27-13-17-6-4-7-18(12-17)14-29-21-9-5-8-19(25(2,3)31)24(21)20(28-29)15-35(32,33)23-11-10-22(26)34-23/h4-12,31H,13-15H2,1-3H3,(H,27,30). The molecule has 0 unspecified atom stereocenters. The van der Waals surface area contributed by atoms with Gasteiger partial charge in [0.25, 0.3) is 0 Å². The minimum Gasteiger partial charge on any atom is -0.386 e. The summed E-state index contributed by atoms with van der Waals surface area (Å²) >= 11 is 6.98. The number of nitrogens with zero attached hydrogens (tertiary/aromatic N) is 2. The second kappa shape index (κ2) is 9.73. The minimum atomic E-state index is -3.69. The molecule has 0 aliphatic carbocycles. The van der Waals surface area contributed by atoms with Gasteiger partial charge in [-0.3, -0.25) is 9.48 Å². The van der Waals surface area contributed by atoms with Gasteiger partial charge in [0.05, 0.1) is 27.7 Å². The third-order valence-electron chi connectivity index (χ3n) is 5.56. The zero-order valence-electron chi connectivity index (χ0n) is 19.6. The van der Waals surface area contributed by atoms with Crippen LogP contribution in [-0.4, -0.2) is 29.2 Å². The number of aromatic nitrogens is 2. The van der Waals surface area contributed by atoms with Crippen molar-refractivity contribution in [1.29, 1.82) is 0 Å². The topological polar surface area (TPSA) is 101 Å². The molecule has 0 spiro atoms. The number of nitrogens with one attached hydrogen (secondary N) is 1. The summed E-state index contributed by atoms with van der Waals surface area (Å²) in [4.78, 5) is 11.3. The Labute approximate surface area is 213 Å². The van der Waals surface area contributed by atoms with Crippen LogP contribution in [0.15, 0.2) is 58.8 Å². The maximum Gasteiger partial charge on any atom is 0.217 e. The number of hydrogen-bond acceptors (Lipinski definition) is 6. The van der Waals surface area contributed by atoms with Crippen molar-refractivity contribution >= 4 is 49.6 Å². The zero-order chi connectivity index (χ0) is 25.4. The monoisotopic (exact) mass is 531 g/mol. The van der Waals surface area contributed by atoms with Crippen molar-refractivity contribution in [3.63, 3.8) is 0 Å². The summed E-state index contributed by atoms with van der Waals surface area (Å²) in [5.41, 5.74) is 2.41. The summed E-state index contributed by atoms with van der Waals surface area (Å²) in [6.07, 6.45) is 0. The molecule has 184 valence electrons. The van der Waals surface area contributed by atoms with Crippen LogP contribution in [0.5, 0.6) is 0 Å². The maximum atomic E-state index is 13.2. The third kappa shape index (κ3) is 5.75. The number of sulfone groups is 1. The fourth-order valence-corrected chi connectivity index (χ4v) is 6.84. The van der Waals surface area contributed by atoms with Crippen LogP contribution in [0.25, 0.3) is 10.9 Å². The minimum absolute atomic E-state index is 0.106. The number of halogens is 1. The lowest BCUT2D eigenvalue weighted by atomic mass is 9.94. The number of thiophene rings is 1. The Kier molecular flexibility index (Phi) is 7.06. The van der Waals surface area contributed by atoms with Gasteiger partial charge in [0.15, 0.2) is 9.84 Å². The quantitative estimate of drug-likeness (QED) is 0.345. The molecule has 2 N–H and O–H groups in total. The van der Waals surface area contributed by atoms with Gasteiger partial charge in [-0.25, -0.2) is 8.42 Å². The molecule has 0 saturated heterocycles. The Morgan fingerprint density at radius 2 is 1.86 bits per heavy atom. The molecule has 2 heterocycles. The Hall–Kier alpha value is -2.72. The normalized spacial score (nSPS) is 12.3. The fourth-order valence-electron chi connectivity index (χ4n) is 3.99. The molecular formula is C25H26ClN3O4S2. The van der Waals surface area contributed by atoms with Crippen LogP contribution in [0.1, 0.15) is 43.2 Å². The van der Waals surface area contributed by atoms with E-state index >= 15 is 0 Å². The van der Waals surface area contributed by atoms with Gasteiger partial charge in [-0.1, -0.05) is 48.0 Å². The number of hydrogen-bond donors (Lipinski definition) is 2. The highest BCUT2D eigenvalue weighted by Gasteiger charge is 2.27. The van der Waals surface area contributed by atoms with Crippen LogP contribution >= 0.6 is 22.9 Å².